The first-order valence-electron chi connectivity index (χ1n) is 11.6. The van der Waals surface area contributed by atoms with E-state index in [9.17, 15) is 9.18 Å². The second-order valence-electron chi connectivity index (χ2n) is 8.55. The third kappa shape index (κ3) is 5.30. The summed E-state index contributed by atoms with van der Waals surface area (Å²) in [6, 6.07) is 8.41. The van der Waals surface area contributed by atoms with Gasteiger partial charge in [0.25, 0.3) is 0 Å². The second-order valence-corrected chi connectivity index (χ2v) is 9.58. The number of aromatic nitrogens is 5. The first-order chi connectivity index (χ1) is 18.3. The van der Waals surface area contributed by atoms with E-state index < -0.39 is 24.1 Å². The normalized spacial score (nSPS) is 12.8. The summed E-state index contributed by atoms with van der Waals surface area (Å²) in [5.41, 5.74) is 4.07. The molecule has 0 saturated heterocycles. The Hall–Kier alpha value is -4.45. The lowest BCUT2D eigenvalue weighted by Gasteiger charge is -2.22. The minimum Gasteiger partial charge on any atom is -0.484 e. The zero-order valence-corrected chi connectivity index (χ0v) is 21.7. The zero-order valence-electron chi connectivity index (χ0n) is 20.9. The van der Waals surface area contributed by atoms with E-state index in [4.69, 9.17) is 14.2 Å². The predicted octanol–water partition coefficient (Wildman–Crippen LogP) is 5.56. The third-order valence-electron chi connectivity index (χ3n) is 5.75. The van der Waals surface area contributed by atoms with Crippen molar-refractivity contribution in [2.24, 2.45) is 0 Å². The van der Waals surface area contributed by atoms with Crippen molar-refractivity contribution in [3.63, 3.8) is 0 Å². The van der Waals surface area contributed by atoms with Gasteiger partial charge in [0.2, 0.25) is 5.88 Å². The van der Waals surface area contributed by atoms with Crippen LogP contribution in [0.25, 0.3) is 31.8 Å². The summed E-state index contributed by atoms with van der Waals surface area (Å²) in [7, 11) is 1.54. The average molecular weight is 535 g/mol. The Labute approximate surface area is 220 Å². The molecule has 0 aliphatic heterocycles. The van der Waals surface area contributed by atoms with Crippen LogP contribution >= 0.6 is 11.3 Å². The van der Waals surface area contributed by atoms with Gasteiger partial charge in [-0.25, -0.2) is 24.1 Å². The number of halogens is 1. The lowest BCUT2D eigenvalue weighted by atomic mass is 10.1. The summed E-state index contributed by atoms with van der Waals surface area (Å²) in [6.45, 7) is 5.32. The first kappa shape index (κ1) is 25.2. The van der Waals surface area contributed by atoms with Crippen molar-refractivity contribution in [2.45, 2.75) is 33.0 Å². The van der Waals surface area contributed by atoms with Gasteiger partial charge in [-0.05, 0) is 44.5 Å². The molecular formula is C26H23FN6O4S. The van der Waals surface area contributed by atoms with Crippen molar-refractivity contribution in [3.8, 4) is 22.2 Å². The minimum atomic E-state index is -0.685. The molecule has 12 heteroatoms. The number of carbonyl (C=O) groups excluding carboxylic acids is 1. The number of hydrogen-bond donors (Lipinski definition) is 1. The molecular weight excluding hydrogens is 511 g/mol. The van der Waals surface area contributed by atoms with Gasteiger partial charge in [-0.2, -0.15) is 10.2 Å². The Morgan fingerprint density at radius 3 is 2.66 bits per heavy atom. The van der Waals surface area contributed by atoms with Crippen molar-refractivity contribution < 1.29 is 23.4 Å². The molecule has 0 fully saturated rings. The maximum absolute atomic E-state index is 15.0. The highest BCUT2D eigenvalue weighted by Crippen LogP contribution is 2.37. The number of carbonyl (C=O) groups is 1. The molecule has 2 unspecified atom stereocenters. The van der Waals surface area contributed by atoms with Gasteiger partial charge in [-0.15, -0.1) is 11.3 Å². The Bertz CT molecular complexity index is 1630. The zero-order chi connectivity index (χ0) is 26.8. The molecule has 0 spiro atoms. The molecule has 1 N–H and O–H groups in total. The largest absolute Gasteiger partial charge is 0.484 e. The summed E-state index contributed by atoms with van der Waals surface area (Å²) in [5.74, 6) is -0.117. The lowest BCUT2D eigenvalue weighted by Crippen LogP contribution is -2.32. The van der Waals surface area contributed by atoms with Crippen molar-refractivity contribution in [2.75, 3.05) is 12.4 Å². The van der Waals surface area contributed by atoms with Crippen LogP contribution in [0.1, 0.15) is 19.4 Å². The van der Waals surface area contributed by atoms with Gasteiger partial charge in [0.05, 0.1) is 52.6 Å². The number of methoxy groups -OCH3 is 1. The van der Waals surface area contributed by atoms with E-state index in [1.807, 2.05) is 19.1 Å². The Morgan fingerprint density at radius 2 is 1.89 bits per heavy atom. The predicted molar refractivity (Wildman–Crippen MR) is 141 cm³/mol. The number of fused-ring (bicyclic) bond motifs is 2. The fourth-order valence-electron chi connectivity index (χ4n) is 3.72. The summed E-state index contributed by atoms with van der Waals surface area (Å²) >= 11 is 1.39. The maximum atomic E-state index is 15.0. The van der Waals surface area contributed by atoms with Crippen LogP contribution in [-0.4, -0.2) is 50.6 Å². The average Bonchev–Trinajstić information content (AvgIpc) is 3.30. The van der Waals surface area contributed by atoms with E-state index in [1.165, 1.54) is 36.9 Å². The highest BCUT2D eigenvalue weighted by molar-refractivity contribution is 7.21. The number of benzene rings is 2. The van der Waals surface area contributed by atoms with E-state index in [2.05, 4.69) is 30.5 Å². The van der Waals surface area contributed by atoms with Crippen LogP contribution in [0.2, 0.25) is 0 Å². The van der Waals surface area contributed by atoms with E-state index in [0.29, 0.717) is 33.1 Å². The van der Waals surface area contributed by atoms with Crippen molar-refractivity contribution in [3.05, 3.63) is 60.3 Å². The molecule has 0 aliphatic rings. The summed E-state index contributed by atoms with van der Waals surface area (Å²) in [6.07, 6.45) is 2.39. The van der Waals surface area contributed by atoms with Gasteiger partial charge in [0.15, 0.2) is 11.6 Å². The highest BCUT2D eigenvalue weighted by Gasteiger charge is 2.22. The van der Waals surface area contributed by atoms with Crippen LogP contribution in [0, 0.1) is 12.7 Å². The molecule has 10 nitrogen and oxygen atoms in total. The number of nitrogens with one attached hydrogen (secondary N) is 1. The summed E-state index contributed by atoms with van der Waals surface area (Å²) in [5, 5.41) is 10.6. The second kappa shape index (κ2) is 10.5. The van der Waals surface area contributed by atoms with Crippen LogP contribution in [0.15, 0.2) is 48.9 Å². The van der Waals surface area contributed by atoms with Crippen LogP contribution < -0.4 is 14.8 Å². The summed E-state index contributed by atoms with van der Waals surface area (Å²) in [4.78, 5) is 25.8. The van der Waals surface area contributed by atoms with Gasteiger partial charge in [0.1, 0.15) is 17.2 Å². The summed E-state index contributed by atoms with van der Waals surface area (Å²) < 4.78 is 32.1. The standard InChI is InChI=1S/C26H23FN6O4S/c1-13-7-17(24-20(8-13)32-23(35-4)12-28-24)25-33-19-9-18(27)21(10-22(19)38-25)36-14(2)15(3)37-26(34)31-16-5-6-29-30-11-16/h5-12,14-15H,1-4H3,(H,29,31,34). The molecule has 0 saturated carbocycles. The number of nitrogens with zero attached hydrogens (tertiary/aromatic N) is 5. The molecule has 3 heterocycles. The van der Waals surface area contributed by atoms with Gasteiger partial charge < -0.3 is 14.2 Å². The molecule has 2 aromatic carbocycles. The van der Waals surface area contributed by atoms with Crippen LogP contribution in [0.3, 0.4) is 0 Å². The van der Waals surface area contributed by atoms with Gasteiger partial charge in [-0.3, -0.25) is 5.32 Å². The fraction of sp³-hybridized carbons (Fsp3) is 0.231. The SMILES string of the molecule is COc1cnc2c(-c3nc4cc(F)c(OC(C)C(C)OC(=O)Nc5ccnnc5)cc4s3)cc(C)cc2n1. The van der Waals surface area contributed by atoms with Crippen LogP contribution in [0.4, 0.5) is 14.9 Å². The van der Waals surface area contributed by atoms with Crippen LogP contribution in [-0.2, 0) is 4.74 Å². The number of ether oxygens (including phenoxy) is 3. The van der Waals surface area contributed by atoms with E-state index >= 15 is 0 Å². The number of hydrogen-bond acceptors (Lipinski definition) is 10. The quantitative estimate of drug-likeness (QED) is 0.286. The van der Waals surface area contributed by atoms with E-state index in [0.717, 1.165) is 15.8 Å². The third-order valence-corrected chi connectivity index (χ3v) is 6.80. The Balaban J connectivity index is 1.36. The van der Waals surface area contributed by atoms with Crippen LogP contribution in [0.5, 0.6) is 11.6 Å². The smallest absolute Gasteiger partial charge is 0.412 e. The van der Waals surface area contributed by atoms with E-state index in [-0.39, 0.29) is 5.75 Å². The molecule has 3 aromatic heterocycles. The molecule has 5 aromatic rings. The van der Waals surface area contributed by atoms with Gasteiger partial charge in [-0.1, -0.05) is 0 Å². The Morgan fingerprint density at radius 1 is 1.05 bits per heavy atom. The maximum Gasteiger partial charge on any atom is 0.412 e. The number of rotatable bonds is 7. The molecule has 5 rings (SSSR count). The highest BCUT2D eigenvalue weighted by atomic mass is 32.1. The number of thiazole rings is 1. The molecule has 0 bridgehead atoms. The number of aryl methyl sites for hydroxylation is 1. The molecule has 2 atom stereocenters. The Kier molecular flexibility index (Phi) is 6.97. The number of amides is 1. The van der Waals surface area contributed by atoms with Crippen molar-refractivity contribution >= 4 is 44.4 Å². The van der Waals surface area contributed by atoms with Gasteiger partial charge >= 0.3 is 6.09 Å². The number of anilines is 1. The molecule has 38 heavy (non-hydrogen) atoms. The fourth-order valence-corrected chi connectivity index (χ4v) is 4.71. The monoisotopic (exact) mass is 534 g/mol. The molecule has 1 amide bonds. The van der Waals surface area contributed by atoms with Crippen molar-refractivity contribution in [1.29, 1.82) is 0 Å². The van der Waals surface area contributed by atoms with E-state index in [1.54, 1.807) is 32.2 Å². The minimum absolute atomic E-state index is 0.0352. The first-order valence-corrected chi connectivity index (χ1v) is 12.4. The van der Waals surface area contributed by atoms with Gasteiger partial charge in [0, 0.05) is 17.7 Å². The van der Waals surface area contributed by atoms with Crippen molar-refractivity contribution in [1.82, 2.24) is 25.1 Å². The molecule has 0 aliphatic carbocycles. The molecule has 0 radical (unpaired) electrons. The molecule has 194 valence electrons. The topological polar surface area (TPSA) is 121 Å². The lowest BCUT2D eigenvalue weighted by molar-refractivity contribution is 0.0402.